The van der Waals surface area contributed by atoms with E-state index in [9.17, 15) is 0 Å². The molecule has 1 aliphatic heterocycles. The summed E-state index contributed by atoms with van der Waals surface area (Å²) in [6, 6.07) is 78.5. The molecular formula is C61H37F3Si. The third-order valence-corrected chi connectivity index (χ3v) is 19.0. The third-order valence-electron chi connectivity index (χ3n) is 14.1. The van der Waals surface area contributed by atoms with E-state index in [-0.39, 0.29) is 10.8 Å². The first-order chi connectivity index (χ1) is 31.9. The molecule has 0 spiro atoms. The molecule has 0 saturated carbocycles. The van der Waals surface area contributed by atoms with E-state index in [2.05, 4.69) is 176 Å². The second-order valence-electron chi connectivity index (χ2n) is 17.3. The van der Waals surface area contributed by atoms with Gasteiger partial charge in [-0.1, -0.05) is 224 Å². The van der Waals surface area contributed by atoms with Crippen LogP contribution in [-0.2, 0) is 6.18 Å². The molecular weight excluding hydrogens is 818 g/mol. The molecule has 0 unspecified atom stereocenters. The third kappa shape index (κ3) is 5.32. The molecule has 4 heteroatoms. The summed E-state index contributed by atoms with van der Waals surface area (Å²) < 4.78 is 45.4. The van der Waals surface area contributed by atoms with E-state index in [0.29, 0.717) is 10.8 Å². The largest absolute Gasteiger partial charge is 0.417 e. The molecule has 0 fully saturated rings. The van der Waals surface area contributed by atoms with E-state index in [1.807, 2.05) is 24.3 Å². The normalized spacial score (nSPS) is 13.3. The summed E-state index contributed by atoms with van der Waals surface area (Å²) in [7, 11) is -3.01. The van der Waals surface area contributed by atoms with E-state index < -0.39 is 19.8 Å². The quantitative estimate of drug-likeness (QED) is 0.0940. The first-order valence-corrected chi connectivity index (χ1v) is 24.1. The molecule has 1 aliphatic rings. The van der Waals surface area contributed by atoms with Crippen LogP contribution in [0.1, 0.15) is 5.56 Å². The highest BCUT2D eigenvalue weighted by atomic mass is 28.3. The van der Waals surface area contributed by atoms with Crippen molar-refractivity contribution in [3.8, 4) is 33.4 Å². The van der Waals surface area contributed by atoms with Gasteiger partial charge in [0.15, 0.2) is 8.07 Å². The zero-order valence-corrected chi connectivity index (χ0v) is 36.0. The highest BCUT2D eigenvalue weighted by Crippen LogP contribution is 2.51. The van der Waals surface area contributed by atoms with Crippen molar-refractivity contribution in [2.45, 2.75) is 6.18 Å². The predicted octanol–water partition coefficient (Wildman–Crippen LogP) is 14.3. The van der Waals surface area contributed by atoms with Gasteiger partial charge in [0.2, 0.25) is 0 Å². The summed E-state index contributed by atoms with van der Waals surface area (Å²) in [6.45, 7) is 0. The summed E-state index contributed by atoms with van der Waals surface area (Å²) in [4.78, 5) is 0. The van der Waals surface area contributed by atoms with Gasteiger partial charge in [-0.25, -0.2) is 0 Å². The number of rotatable bonds is 4. The highest BCUT2D eigenvalue weighted by Gasteiger charge is 2.50. The van der Waals surface area contributed by atoms with Crippen LogP contribution in [0.2, 0.25) is 0 Å². The maximum Gasteiger partial charge on any atom is 0.417 e. The molecule has 1 heterocycles. The summed E-state index contributed by atoms with van der Waals surface area (Å²) >= 11 is 0. The topological polar surface area (TPSA) is 0 Å². The van der Waals surface area contributed by atoms with Gasteiger partial charge in [-0.05, 0) is 119 Å². The van der Waals surface area contributed by atoms with Gasteiger partial charge in [-0.15, -0.1) is 0 Å². The summed E-state index contributed by atoms with van der Waals surface area (Å²) in [5, 5.41) is 16.1. The SMILES string of the molecule is FC(F)(F)c1c2ccccc2c(-c2c3ccccc3c(-c3ccc4c(c3)[Si](c3ccccc3)(c3ccccc3)c3c-4ccc4c3ccc3ccccc34)c3ccccc23)c2ccccc12. The standard InChI is InChI=1S/C61H37F3Si/c62-61(63,64)59-51-29-15-13-27-49(51)58(50-28-14-16-30-52(50)59)57-47-25-11-9-23-45(47)56(46-24-10-12-26-48(46)57)39-32-33-44-54-36-35-43-42-22-8-7-17-38(42)31-34-53(43)60(54)65(55(44)37-39,40-18-3-1-4-19-40)41-20-5-2-6-21-41/h1-37H. The van der Waals surface area contributed by atoms with Crippen molar-refractivity contribution in [2.75, 3.05) is 0 Å². The molecule has 0 atom stereocenters. The molecule has 12 aromatic carbocycles. The maximum atomic E-state index is 15.1. The molecule has 0 N–H and O–H groups in total. The summed E-state index contributed by atoms with van der Waals surface area (Å²) in [6.07, 6.45) is -4.54. The van der Waals surface area contributed by atoms with Gasteiger partial charge in [-0.2, -0.15) is 13.2 Å². The molecule has 0 aromatic heterocycles. The van der Waals surface area contributed by atoms with E-state index in [1.54, 1.807) is 24.3 Å². The fourth-order valence-corrected chi connectivity index (χ4v) is 17.1. The molecule has 306 valence electrons. The Bertz CT molecular complexity index is 3770. The molecule has 13 rings (SSSR count). The fraction of sp³-hybridized carbons (Fsp3) is 0.0164. The Hall–Kier alpha value is -7.79. The zero-order chi connectivity index (χ0) is 43.4. The molecule has 0 bridgehead atoms. The van der Waals surface area contributed by atoms with Gasteiger partial charge in [0.25, 0.3) is 0 Å². The Morgan fingerprint density at radius 2 is 0.723 bits per heavy atom. The maximum absolute atomic E-state index is 15.1. The van der Waals surface area contributed by atoms with Crippen molar-refractivity contribution in [1.29, 1.82) is 0 Å². The Morgan fingerprint density at radius 3 is 1.25 bits per heavy atom. The predicted molar refractivity (Wildman–Crippen MR) is 270 cm³/mol. The minimum absolute atomic E-state index is 0.202. The van der Waals surface area contributed by atoms with Crippen LogP contribution in [-0.4, -0.2) is 8.07 Å². The Kier molecular flexibility index (Phi) is 8.19. The van der Waals surface area contributed by atoms with Gasteiger partial charge in [0.1, 0.15) is 0 Å². The number of alkyl halides is 3. The molecule has 65 heavy (non-hydrogen) atoms. The zero-order valence-electron chi connectivity index (χ0n) is 35.0. The Labute approximate surface area is 374 Å². The van der Waals surface area contributed by atoms with E-state index in [0.717, 1.165) is 43.8 Å². The van der Waals surface area contributed by atoms with E-state index in [4.69, 9.17) is 0 Å². The van der Waals surface area contributed by atoms with Crippen molar-refractivity contribution < 1.29 is 13.2 Å². The number of fused-ring (bicyclic) bond motifs is 11. The lowest BCUT2D eigenvalue weighted by molar-refractivity contribution is -0.135. The minimum Gasteiger partial charge on any atom is -0.166 e. The monoisotopic (exact) mass is 854 g/mol. The van der Waals surface area contributed by atoms with Crippen LogP contribution < -0.4 is 20.7 Å². The summed E-state index contributed by atoms with van der Waals surface area (Å²) in [5.74, 6) is 0. The average molecular weight is 855 g/mol. The first kappa shape index (κ1) is 37.7. The van der Waals surface area contributed by atoms with Crippen molar-refractivity contribution >= 4 is 93.5 Å². The number of halogens is 3. The first-order valence-electron chi connectivity index (χ1n) is 22.1. The molecule has 0 aliphatic carbocycles. The van der Waals surface area contributed by atoms with Crippen molar-refractivity contribution in [2.24, 2.45) is 0 Å². The second-order valence-corrected chi connectivity index (χ2v) is 21.0. The number of benzene rings is 12. The van der Waals surface area contributed by atoms with Crippen molar-refractivity contribution in [1.82, 2.24) is 0 Å². The van der Waals surface area contributed by atoms with Gasteiger partial charge in [0.05, 0.1) is 5.56 Å². The minimum atomic E-state index is -4.54. The number of hydrogen-bond acceptors (Lipinski definition) is 0. The highest BCUT2D eigenvalue weighted by molar-refractivity contribution is 7.23. The average Bonchev–Trinajstić information content (AvgIpc) is 3.66. The molecule has 0 nitrogen and oxygen atoms in total. The molecule has 0 radical (unpaired) electrons. The lowest BCUT2D eigenvalue weighted by Crippen LogP contribution is -2.73. The van der Waals surface area contributed by atoms with Crippen LogP contribution in [0, 0.1) is 0 Å². The lowest BCUT2D eigenvalue weighted by atomic mass is 9.81. The van der Waals surface area contributed by atoms with Gasteiger partial charge in [-0.3, -0.25) is 0 Å². The van der Waals surface area contributed by atoms with Crippen molar-refractivity contribution in [3.63, 3.8) is 0 Å². The second kappa shape index (κ2) is 14.1. The van der Waals surface area contributed by atoms with Crippen molar-refractivity contribution in [3.05, 3.63) is 230 Å². The van der Waals surface area contributed by atoms with Gasteiger partial charge >= 0.3 is 6.18 Å². The van der Waals surface area contributed by atoms with E-state index in [1.165, 1.54) is 53.4 Å². The smallest absolute Gasteiger partial charge is 0.166 e. The fourth-order valence-electron chi connectivity index (χ4n) is 11.7. The van der Waals surface area contributed by atoms with Crippen LogP contribution >= 0.6 is 0 Å². The van der Waals surface area contributed by atoms with Crippen LogP contribution in [0.5, 0.6) is 0 Å². The van der Waals surface area contributed by atoms with Crippen LogP contribution in [0.15, 0.2) is 224 Å². The van der Waals surface area contributed by atoms with Crippen LogP contribution in [0.25, 0.3) is 98.0 Å². The van der Waals surface area contributed by atoms with Gasteiger partial charge in [0, 0.05) is 0 Å². The molecule has 0 amide bonds. The molecule has 12 aromatic rings. The van der Waals surface area contributed by atoms with E-state index >= 15 is 13.2 Å². The van der Waals surface area contributed by atoms with Gasteiger partial charge < -0.3 is 0 Å². The summed E-state index contributed by atoms with van der Waals surface area (Å²) in [5.41, 5.74) is 5.90. The Morgan fingerprint density at radius 1 is 0.308 bits per heavy atom. The Balaban J connectivity index is 1.15. The van der Waals surface area contributed by atoms with Crippen LogP contribution in [0.3, 0.4) is 0 Å². The number of hydrogen-bond donors (Lipinski definition) is 0. The lowest BCUT2D eigenvalue weighted by Gasteiger charge is -2.32. The molecule has 0 saturated heterocycles. The van der Waals surface area contributed by atoms with Crippen LogP contribution in [0.4, 0.5) is 13.2 Å².